The second-order valence-electron chi connectivity index (χ2n) is 11.7. The van der Waals surface area contributed by atoms with Crippen molar-refractivity contribution in [3.05, 3.63) is 106 Å². The molecule has 4 aromatic rings. The van der Waals surface area contributed by atoms with E-state index in [-0.39, 0.29) is 23.8 Å². The van der Waals surface area contributed by atoms with Gasteiger partial charge in [0.2, 0.25) is 0 Å². The maximum Gasteiger partial charge on any atom is 0.270 e. The molecule has 3 amide bonds. The highest BCUT2D eigenvalue weighted by Crippen LogP contribution is 2.40. The van der Waals surface area contributed by atoms with E-state index in [1.54, 1.807) is 37.2 Å². The number of hydrogen-bond donors (Lipinski definition) is 1. The van der Waals surface area contributed by atoms with Crippen LogP contribution in [0.3, 0.4) is 0 Å². The normalized spacial score (nSPS) is 16.1. The highest BCUT2D eigenvalue weighted by molar-refractivity contribution is 7.07. The van der Waals surface area contributed by atoms with Crippen LogP contribution in [0, 0.1) is 0 Å². The molecule has 1 aromatic heterocycles. The number of amides is 3. The highest BCUT2D eigenvalue weighted by Gasteiger charge is 2.43. The molecule has 6 rings (SSSR count). The second-order valence-corrected chi connectivity index (χ2v) is 12.4. The SMILES string of the molecule is COc1ccc([C@@H](CCCNC(=O)c2cscn2)N2C(=O)c3cccc(N4CCN([C@H](C)c5ccccc5)CC4)c3C2=O)cc1OC. The van der Waals surface area contributed by atoms with E-state index in [1.165, 1.54) is 21.8 Å². The monoisotopic (exact) mass is 653 g/mol. The van der Waals surface area contributed by atoms with Gasteiger partial charge in [-0.3, -0.25) is 24.2 Å². The molecule has 1 saturated heterocycles. The number of benzene rings is 3. The summed E-state index contributed by atoms with van der Waals surface area (Å²) in [5.41, 5.74) is 5.66. The number of thiazole rings is 1. The lowest BCUT2D eigenvalue weighted by molar-refractivity contribution is 0.0570. The topological polar surface area (TPSA) is 104 Å². The second kappa shape index (κ2) is 14.4. The van der Waals surface area contributed by atoms with Crippen LogP contribution in [0.15, 0.2) is 77.6 Å². The van der Waals surface area contributed by atoms with E-state index in [1.807, 2.05) is 30.3 Å². The lowest BCUT2D eigenvalue weighted by atomic mass is 9.99. The molecule has 10 nitrogen and oxygen atoms in total. The number of carbonyl (C=O) groups excluding carboxylic acids is 3. The first-order valence-corrected chi connectivity index (χ1v) is 16.8. The zero-order valence-electron chi connectivity index (χ0n) is 26.8. The Morgan fingerprint density at radius 2 is 1.68 bits per heavy atom. The molecule has 0 bridgehead atoms. The van der Waals surface area contributed by atoms with E-state index >= 15 is 0 Å². The van der Waals surface area contributed by atoms with Crippen molar-refractivity contribution >= 4 is 34.7 Å². The van der Waals surface area contributed by atoms with Crippen molar-refractivity contribution in [1.29, 1.82) is 0 Å². The quantitative estimate of drug-likeness (QED) is 0.156. The molecule has 1 fully saturated rings. The number of fused-ring (bicyclic) bond motifs is 1. The minimum atomic E-state index is -0.588. The first-order chi connectivity index (χ1) is 22.9. The molecular weight excluding hydrogens is 614 g/mol. The van der Waals surface area contributed by atoms with Gasteiger partial charge in [-0.25, -0.2) is 4.98 Å². The lowest BCUT2D eigenvalue weighted by Gasteiger charge is -2.39. The minimum Gasteiger partial charge on any atom is -0.493 e. The summed E-state index contributed by atoms with van der Waals surface area (Å²) in [6, 6.07) is 21.2. The third kappa shape index (κ3) is 6.59. The van der Waals surface area contributed by atoms with E-state index in [0.717, 1.165) is 37.4 Å². The summed E-state index contributed by atoms with van der Waals surface area (Å²) >= 11 is 1.36. The first kappa shape index (κ1) is 32.2. The number of ether oxygens (including phenoxy) is 2. The molecule has 244 valence electrons. The largest absolute Gasteiger partial charge is 0.493 e. The Labute approximate surface area is 278 Å². The summed E-state index contributed by atoms with van der Waals surface area (Å²) in [6.45, 7) is 5.75. The number of imide groups is 1. The average molecular weight is 654 g/mol. The highest BCUT2D eigenvalue weighted by atomic mass is 32.1. The number of piperazine rings is 1. The van der Waals surface area contributed by atoms with Gasteiger partial charge in [-0.05, 0) is 55.2 Å². The zero-order chi connectivity index (χ0) is 32.9. The third-order valence-corrected chi connectivity index (χ3v) is 9.70. The molecule has 11 heteroatoms. The summed E-state index contributed by atoms with van der Waals surface area (Å²) in [4.78, 5) is 51.0. The summed E-state index contributed by atoms with van der Waals surface area (Å²) in [5, 5.41) is 4.59. The molecule has 2 atom stereocenters. The smallest absolute Gasteiger partial charge is 0.270 e. The van der Waals surface area contributed by atoms with Crippen LogP contribution in [0.2, 0.25) is 0 Å². The number of methoxy groups -OCH3 is 2. The van der Waals surface area contributed by atoms with Crippen LogP contribution in [0.4, 0.5) is 5.69 Å². The summed E-state index contributed by atoms with van der Waals surface area (Å²) < 4.78 is 11.0. The van der Waals surface area contributed by atoms with Crippen LogP contribution in [0.25, 0.3) is 0 Å². The van der Waals surface area contributed by atoms with Crippen molar-refractivity contribution in [2.45, 2.75) is 31.8 Å². The van der Waals surface area contributed by atoms with Crippen LogP contribution >= 0.6 is 11.3 Å². The number of rotatable bonds is 12. The fraction of sp³-hybridized carbons (Fsp3) is 0.333. The van der Waals surface area contributed by atoms with Gasteiger partial charge in [0.15, 0.2) is 11.5 Å². The Kier molecular flexibility index (Phi) is 9.84. The number of nitrogens with zero attached hydrogens (tertiary/aromatic N) is 4. The Hall–Kier alpha value is -4.74. The number of hydrogen-bond acceptors (Lipinski definition) is 9. The molecule has 3 aromatic carbocycles. The van der Waals surface area contributed by atoms with Crippen LogP contribution in [0.5, 0.6) is 11.5 Å². The van der Waals surface area contributed by atoms with Gasteiger partial charge in [0, 0.05) is 44.1 Å². The van der Waals surface area contributed by atoms with Gasteiger partial charge in [0.05, 0.1) is 42.6 Å². The van der Waals surface area contributed by atoms with Crippen LogP contribution in [-0.2, 0) is 0 Å². The lowest BCUT2D eigenvalue weighted by Crippen LogP contribution is -2.47. The fourth-order valence-electron chi connectivity index (χ4n) is 6.54. The van der Waals surface area contributed by atoms with Crippen molar-refractivity contribution in [2.24, 2.45) is 0 Å². The fourth-order valence-corrected chi connectivity index (χ4v) is 7.07. The van der Waals surface area contributed by atoms with Crippen LogP contribution in [-0.4, -0.2) is 79.4 Å². The molecule has 3 heterocycles. The standard InChI is InChI=1S/C36H39N5O5S/c1-24(25-9-5-4-6-10-25)39-17-19-40(20-18-39)30-12-7-11-27-33(30)36(44)41(35(27)43)29(26-14-15-31(45-2)32(21-26)46-3)13-8-16-37-34(42)28-22-47-23-38-28/h4-7,9-12,14-15,21-24,29H,8,13,16-20H2,1-3H3,(H,37,42)/t24-,29-/m1/s1. The number of carbonyl (C=O) groups is 3. The van der Waals surface area contributed by atoms with Crippen molar-refractivity contribution in [3.63, 3.8) is 0 Å². The molecule has 2 aliphatic rings. The Morgan fingerprint density at radius 3 is 2.38 bits per heavy atom. The van der Waals surface area contributed by atoms with Crippen LogP contribution < -0.4 is 19.7 Å². The number of anilines is 1. The summed E-state index contributed by atoms with van der Waals surface area (Å²) in [6.07, 6.45) is 0.959. The molecular formula is C36H39N5O5S. The molecule has 2 aliphatic heterocycles. The molecule has 0 saturated carbocycles. The van der Waals surface area contributed by atoms with Gasteiger partial charge in [-0.1, -0.05) is 42.5 Å². The Morgan fingerprint density at radius 1 is 0.915 bits per heavy atom. The van der Waals surface area contributed by atoms with Gasteiger partial charge < -0.3 is 19.7 Å². The van der Waals surface area contributed by atoms with Gasteiger partial charge in [0.25, 0.3) is 17.7 Å². The molecule has 47 heavy (non-hydrogen) atoms. The predicted octanol–water partition coefficient (Wildman–Crippen LogP) is 5.59. The average Bonchev–Trinajstić information content (AvgIpc) is 3.75. The van der Waals surface area contributed by atoms with Crippen molar-refractivity contribution in [2.75, 3.05) is 51.8 Å². The van der Waals surface area contributed by atoms with E-state index in [4.69, 9.17) is 9.47 Å². The third-order valence-electron chi connectivity index (χ3n) is 9.12. The summed E-state index contributed by atoms with van der Waals surface area (Å²) in [5.74, 6) is 0.168. The van der Waals surface area contributed by atoms with E-state index in [2.05, 4.69) is 51.3 Å². The van der Waals surface area contributed by atoms with E-state index in [0.29, 0.717) is 47.7 Å². The van der Waals surface area contributed by atoms with E-state index in [9.17, 15) is 14.4 Å². The minimum absolute atomic E-state index is 0.252. The predicted molar refractivity (Wildman–Crippen MR) is 182 cm³/mol. The Balaban J connectivity index is 1.23. The molecule has 0 unspecified atom stereocenters. The molecule has 1 N–H and O–H groups in total. The van der Waals surface area contributed by atoms with Gasteiger partial charge in [-0.2, -0.15) is 0 Å². The molecule has 0 spiro atoms. The molecule has 0 radical (unpaired) electrons. The molecule has 0 aliphatic carbocycles. The van der Waals surface area contributed by atoms with Crippen molar-refractivity contribution in [1.82, 2.24) is 20.1 Å². The van der Waals surface area contributed by atoms with Gasteiger partial charge in [-0.15, -0.1) is 11.3 Å². The maximum atomic E-state index is 14.4. The van der Waals surface area contributed by atoms with Gasteiger partial charge in [0.1, 0.15) is 5.69 Å². The number of aromatic nitrogens is 1. The summed E-state index contributed by atoms with van der Waals surface area (Å²) in [7, 11) is 3.12. The first-order valence-electron chi connectivity index (χ1n) is 15.8. The zero-order valence-corrected chi connectivity index (χ0v) is 27.7. The maximum absolute atomic E-state index is 14.4. The van der Waals surface area contributed by atoms with Crippen molar-refractivity contribution < 1.29 is 23.9 Å². The number of nitrogens with one attached hydrogen (secondary N) is 1. The van der Waals surface area contributed by atoms with Gasteiger partial charge >= 0.3 is 0 Å². The van der Waals surface area contributed by atoms with Crippen LogP contribution in [0.1, 0.15) is 74.2 Å². The Bertz CT molecular complexity index is 1720. The van der Waals surface area contributed by atoms with Crippen molar-refractivity contribution in [3.8, 4) is 11.5 Å². The van der Waals surface area contributed by atoms with E-state index < -0.39 is 6.04 Å².